The molecule has 1 nitrogen and oxygen atoms in total. The molecule has 3 heterocycles. The number of thiophene rings is 2. The summed E-state index contributed by atoms with van der Waals surface area (Å²) < 4.78 is 8.01. The van der Waals surface area contributed by atoms with Gasteiger partial charge in [0.05, 0.1) is 20.4 Å². The van der Waals surface area contributed by atoms with Gasteiger partial charge in [-0.1, -0.05) is 66.7 Å². The zero-order valence-electron chi connectivity index (χ0n) is 17.6. The molecule has 0 bridgehead atoms. The second-order valence-electron chi connectivity index (χ2n) is 8.61. The van der Waals surface area contributed by atoms with E-state index in [1.165, 1.54) is 67.8 Å². The van der Waals surface area contributed by atoms with Gasteiger partial charge in [0.15, 0.2) is 0 Å². The molecular formula is C30H17NS2. The van der Waals surface area contributed by atoms with E-state index in [2.05, 4.69) is 108 Å². The van der Waals surface area contributed by atoms with Crippen LogP contribution in [0.2, 0.25) is 0 Å². The van der Waals surface area contributed by atoms with Crippen molar-refractivity contribution in [2.24, 2.45) is 0 Å². The van der Waals surface area contributed by atoms with Crippen LogP contribution in [0.3, 0.4) is 0 Å². The van der Waals surface area contributed by atoms with Crippen LogP contribution in [0.25, 0.3) is 67.8 Å². The van der Waals surface area contributed by atoms with E-state index in [9.17, 15) is 0 Å². The smallest absolute Gasteiger partial charge is 0.0548 e. The lowest BCUT2D eigenvalue weighted by Gasteiger charge is -2.09. The molecule has 8 rings (SSSR count). The van der Waals surface area contributed by atoms with E-state index < -0.39 is 0 Å². The topological polar surface area (TPSA) is 4.93 Å². The van der Waals surface area contributed by atoms with Crippen LogP contribution in [0.5, 0.6) is 0 Å². The number of para-hydroxylation sites is 1. The van der Waals surface area contributed by atoms with E-state index in [1.807, 2.05) is 22.7 Å². The van der Waals surface area contributed by atoms with Crippen molar-refractivity contribution in [3.63, 3.8) is 0 Å². The van der Waals surface area contributed by atoms with Crippen molar-refractivity contribution in [2.45, 2.75) is 0 Å². The molecule has 0 radical (unpaired) electrons. The summed E-state index contributed by atoms with van der Waals surface area (Å²) in [5, 5.41) is 7.92. The van der Waals surface area contributed by atoms with E-state index in [4.69, 9.17) is 0 Å². The lowest BCUT2D eigenvalue weighted by Crippen LogP contribution is -1.93. The van der Waals surface area contributed by atoms with Crippen molar-refractivity contribution in [1.82, 2.24) is 4.57 Å². The fourth-order valence-corrected chi connectivity index (χ4v) is 7.93. The predicted octanol–water partition coefficient (Wildman–Crippen LogP) is 9.52. The quantitative estimate of drug-likeness (QED) is 0.232. The molecule has 0 saturated heterocycles. The van der Waals surface area contributed by atoms with Crippen LogP contribution in [0, 0.1) is 0 Å². The Labute approximate surface area is 197 Å². The second kappa shape index (κ2) is 6.44. The van der Waals surface area contributed by atoms with Crippen molar-refractivity contribution in [3.8, 4) is 5.69 Å². The maximum atomic E-state index is 2.44. The Morgan fingerprint density at radius 2 is 1.18 bits per heavy atom. The van der Waals surface area contributed by atoms with Gasteiger partial charge >= 0.3 is 0 Å². The average Bonchev–Trinajstić information content (AvgIpc) is 3.50. The van der Waals surface area contributed by atoms with Crippen LogP contribution in [-0.2, 0) is 0 Å². The number of rotatable bonds is 1. The summed E-state index contributed by atoms with van der Waals surface area (Å²) in [6.45, 7) is 0. The maximum Gasteiger partial charge on any atom is 0.0548 e. The van der Waals surface area contributed by atoms with Crippen molar-refractivity contribution >= 4 is 84.8 Å². The summed E-state index contributed by atoms with van der Waals surface area (Å²) in [4.78, 5) is 0. The van der Waals surface area contributed by atoms with Crippen molar-refractivity contribution in [2.75, 3.05) is 0 Å². The fourth-order valence-electron chi connectivity index (χ4n) is 5.26. The first-order valence-electron chi connectivity index (χ1n) is 11.1. The first kappa shape index (κ1) is 17.8. The van der Waals surface area contributed by atoms with Gasteiger partial charge in [0.25, 0.3) is 0 Å². The van der Waals surface area contributed by atoms with Crippen molar-refractivity contribution in [3.05, 3.63) is 103 Å². The zero-order valence-corrected chi connectivity index (χ0v) is 19.2. The summed E-state index contributed by atoms with van der Waals surface area (Å²) in [6, 6.07) is 37.8. The molecule has 0 aliphatic rings. The van der Waals surface area contributed by atoms with Gasteiger partial charge in [0.2, 0.25) is 0 Å². The minimum Gasteiger partial charge on any atom is -0.309 e. The number of hydrogen-bond acceptors (Lipinski definition) is 2. The average molecular weight is 456 g/mol. The molecule has 0 aliphatic carbocycles. The standard InChI is InChI=1S/C30H17NS2/c1-2-8-19-15-20(14-13-18(19)7-1)31-25-11-5-3-9-21(25)23-17-28-24(16-26(23)31)30-29(33-28)22-10-4-6-12-27(22)32-30/h1-17H. The number of aromatic nitrogens is 1. The van der Waals surface area contributed by atoms with Gasteiger partial charge in [-0.3, -0.25) is 0 Å². The minimum atomic E-state index is 1.21. The summed E-state index contributed by atoms with van der Waals surface area (Å²) in [6.07, 6.45) is 0. The van der Waals surface area contributed by atoms with Gasteiger partial charge in [-0.2, -0.15) is 0 Å². The molecule has 0 amide bonds. The first-order valence-corrected chi connectivity index (χ1v) is 12.7. The Morgan fingerprint density at radius 3 is 2.12 bits per heavy atom. The summed E-state index contributed by atoms with van der Waals surface area (Å²) in [5.74, 6) is 0. The summed E-state index contributed by atoms with van der Waals surface area (Å²) >= 11 is 3.85. The van der Waals surface area contributed by atoms with Gasteiger partial charge in [0.1, 0.15) is 0 Å². The third kappa shape index (κ3) is 2.41. The maximum absolute atomic E-state index is 2.44. The van der Waals surface area contributed by atoms with E-state index in [0.717, 1.165) is 0 Å². The van der Waals surface area contributed by atoms with E-state index in [-0.39, 0.29) is 0 Å². The third-order valence-electron chi connectivity index (χ3n) is 6.77. The molecule has 3 aromatic heterocycles. The monoisotopic (exact) mass is 455 g/mol. The van der Waals surface area contributed by atoms with Crippen LogP contribution < -0.4 is 0 Å². The molecule has 3 heteroatoms. The van der Waals surface area contributed by atoms with Gasteiger partial charge in [-0.15, -0.1) is 22.7 Å². The second-order valence-corrected chi connectivity index (χ2v) is 10.7. The molecular weight excluding hydrogens is 438 g/mol. The van der Waals surface area contributed by atoms with Crippen LogP contribution in [0.1, 0.15) is 0 Å². The Kier molecular flexibility index (Phi) is 3.48. The molecule has 5 aromatic carbocycles. The lowest BCUT2D eigenvalue weighted by molar-refractivity contribution is 1.19. The lowest BCUT2D eigenvalue weighted by atomic mass is 10.1. The Hall–Kier alpha value is -3.66. The Morgan fingerprint density at radius 1 is 0.455 bits per heavy atom. The molecule has 33 heavy (non-hydrogen) atoms. The van der Waals surface area contributed by atoms with Crippen molar-refractivity contribution in [1.29, 1.82) is 0 Å². The molecule has 0 atom stereocenters. The van der Waals surface area contributed by atoms with Crippen LogP contribution in [0.4, 0.5) is 0 Å². The van der Waals surface area contributed by atoms with Gasteiger partial charge in [-0.05, 0) is 47.2 Å². The largest absolute Gasteiger partial charge is 0.309 e. The van der Waals surface area contributed by atoms with E-state index >= 15 is 0 Å². The molecule has 154 valence electrons. The molecule has 0 spiro atoms. The molecule has 0 aliphatic heterocycles. The van der Waals surface area contributed by atoms with Gasteiger partial charge in [0, 0.05) is 36.6 Å². The summed E-state index contributed by atoms with van der Waals surface area (Å²) in [7, 11) is 0. The normalized spacial score (nSPS) is 12.2. The Bertz CT molecular complexity index is 2030. The Balaban J connectivity index is 1.53. The van der Waals surface area contributed by atoms with Crippen LogP contribution in [0.15, 0.2) is 103 Å². The number of fused-ring (bicyclic) bond motifs is 9. The van der Waals surface area contributed by atoms with E-state index in [1.54, 1.807) is 0 Å². The number of benzene rings is 5. The third-order valence-corrected chi connectivity index (χ3v) is 9.29. The highest BCUT2D eigenvalue weighted by Gasteiger charge is 2.17. The van der Waals surface area contributed by atoms with Crippen LogP contribution >= 0.6 is 22.7 Å². The van der Waals surface area contributed by atoms with E-state index in [0.29, 0.717) is 0 Å². The number of nitrogens with zero attached hydrogens (tertiary/aromatic N) is 1. The van der Waals surface area contributed by atoms with Gasteiger partial charge in [-0.25, -0.2) is 0 Å². The fraction of sp³-hybridized carbons (Fsp3) is 0. The highest BCUT2D eigenvalue weighted by molar-refractivity contribution is 7.36. The minimum absolute atomic E-state index is 1.21. The molecule has 0 saturated carbocycles. The van der Waals surface area contributed by atoms with Crippen LogP contribution in [-0.4, -0.2) is 4.57 Å². The molecule has 0 fully saturated rings. The molecule has 0 N–H and O–H groups in total. The summed E-state index contributed by atoms with van der Waals surface area (Å²) in [5.41, 5.74) is 3.74. The zero-order chi connectivity index (χ0) is 21.5. The highest BCUT2D eigenvalue weighted by Crippen LogP contribution is 2.46. The SMILES string of the molecule is c1ccc2cc(-n3c4ccccc4c4cc5sc6c7ccccc7sc6c5cc43)ccc2c1. The number of hydrogen-bond donors (Lipinski definition) is 0. The highest BCUT2D eigenvalue weighted by atomic mass is 32.1. The first-order chi connectivity index (χ1) is 16.3. The van der Waals surface area contributed by atoms with Crippen molar-refractivity contribution < 1.29 is 0 Å². The molecule has 8 aromatic rings. The van der Waals surface area contributed by atoms with Gasteiger partial charge < -0.3 is 4.57 Å². The predicted molar refractivity (Wildman–Crippen MR) is 147 cm³/mol. The molecule has 0 unspecified atom stereocenters.